The molecule has 1 N–H and O–H groups in total. The largest absolute Gasteiger partial charge is 0.507 e. The molecule has 1 fully saturated rings. The zero-order valence-corrected chi connectivity index (χ0v) is 24.8. The molecule has 0 spiro atoms. The van der Waals surface area contributed by atoms with Gasteiger partial charge in [0.25, 0.3) is 0 Å². The van der Waals surface area contributed by atoms with Crippen LogP contribution in [0.2, 0.25) is 0 Å². The third kappa shape index (κ3) is 7.13. The van der Waals surface area contributed by atoms with E-state index in [2.05, 4.69) is 4.90 Å². The van der Waals surface area contributed by atoms with E-state index in [4.69, 9.17) is 27.5 Å². The summed E-state index contributed by atoms with van der Waals surface area (Å²) in [5, 5.41) is 11.1. The number of ether oxygens (including phenoxy) is 2. The molecule has 228 valence electrons. The van der Waals surface area contributed by atoms with Crippen LogP contribution in [0.15, 0.2) is 100 Å². The number of benzene rings is 4. The second-order valence-corrected chi connectivity index (χ2v) is 11.8. The number of rotatable bonds is 12. The Balaban J connectivity index is 1.14. The molecule has 0 saturated carbocycles. The summed E-state index contributed by atoms with van der Waals surface area (Å²) in [6.07, 6.45) is 0. The first-order valence-corrected chi connectivity index (χ1v) is 15.7. The fourth-order valence-corrected chi connectivity index (χ4v) is 6.03. The van der Waals surface area contributed by atoms with Crippen LogP contribution < -0.4 is 15.1 Å². The highest BCUT2D eigenvalue weighted by atomic mass is 31.2. The number of aromatic hydroxyl groups is 1. The summed E-state index contributed by atoms with van der Waals surface area (Å²) in [6.45, 7) is 2.55. The van der Waals surface area contributed by atoms with Gasteiger partial charge in [0.05, 0.1) is 38.4 Å². The minimum absolute atomic E-state index is 0.0265. The van der Waals surface area contributed by atoms with Gasteiger partial charge in [-0.2, -0.15) is 0 Å². The van der Waals surface area contributed by atoms with E-state index in [1.807, 2.05) is 60.7 Å². The van der Waals surface area contributed by atoms with E-state index in [-0.39, 0.29) is 48.6 Å². The zero-order valence-electron chi connectivity index (χ0n) is 23.9. The number of nitrogens with zero attached hydrogens (tertiary/aromatic N) is 1. The SMILES string of the molecule is O=c1c2ccc(OCCOP(=O)(OCc3ccccc3)OCc3ccccc3)cc2oc2cc(N3CCOCC3)cc(O)c12. The van der Waals surface area contributed by atoms with E-state index in [0.717, 1.165) is 16.8 Å². The van der Waals surface area contributed by atoms with E-state index in [1.54, 1.807) is 30.3 Å². The van der Waals surface area contributed by atoms with Gasteiger partial charge in [-0.25, -0.2) is 4.57 Å². The Morgan fingerprint density at radius 3 is 2.09 bits per heavy atom. The molecule has 0 bridgehead atoms. The fraction of sp³-hybridized carbons (Fsp3) is 0.242. The van der Waals surface area contributed by atoms with Crippen LogP contribution in [0.25, 0.3) is 21.9 Å². The van der Waals surface area contributed by atoms with Crippen molar-refractivity contribution in [3.8, 4) is 11.5 Å². The maximum atomic E-state index is 13.5. The van der Waals surface area contributed by atoms with Crippen LogP contribution in [-0.4, -0.2) is 44.6 Å². The number of morpholine rings is 1. The average Bonchev–Trinajstić information content (AvgIpc) is 3.06. The van der Waals surface area contributed by atoms with Gasteiger partial charge in [0, 0.05) is 37.0 Å². The molecule has 6 rings (SSSR count). The van der Waals surface area contributed by atoms with Crippen LogP contribution in [-0.2, 0) is 36.1 Å². The van der Waals surface area contributed by atoms with Gasteiger partial charge in [0.1, 0.15) is 34.7 Å². The molecule has 4 aromatic carbocycles. The van der Waals surface area contributed by atoms with Gasteiger partial charge in [-0.15, -0.1) is 0 Å². The lowest BCUT2D eigenvalue weighted by molar-refractivity contribution is 0.0910. The quantitative estimate of drug-likeness (QED) is 0.0954. The number of phosphoric acid groups is 1. The van der Waals surface area contributed by atoms with Crippen molar-refractivity contribution >= 4 is 35.4 Å². The van der Waals surface area contributed by atoms with Gasteiger partial charge in [-0.05, 0) is 23.3 Å². The Bertz CT molecular complexity index is 1780. The van der Waals surface area contributed by atoms with Gasteiger partial charge in [0.15, 0.2) is 0 Å². The highest BCUT2D eigenvalue weighted by Crippen LogP contribution is 2.50. The summed E-state index contributed by atoms with van der Waals surface area (Å²) >= 11 is 0. The predicted molar refractivity (Wildman–Crippen MR) is 166 cm³/mol. The number of phenols is 1. The molecule has 0 unspecified atom stereocenters. The number of hydrogen-bond donors (Lipinski definition) is 1. The van der Waals surface area contributed by atoms with Crippen LogP contribution in [0.1, 0.15) is 11.1 Å². The van der Waals surface area contributed by atoms with E-state index in [9.17, 15) is 14.5 Å². The molecule has 0 atom stereocenters. The highest BCUT2D eigenvalue weighted by Gasteiger charge is 2.27. The number of fused-ring (bicyclic) bond motifs is 2. The third-order valence-corrected chi connectivity index (χ3v) is 8.54. The Morgan fingerprint density at radius 1 is 0.773 bits per heavy atom. The standard InChI is InChI=1S/C33H32NO9P/c35-29-19-26(34-13-15-38-16-14-34)20-31-32(29)33(36)28-12-11-27(21-30(28)43-31)39-17-18-40-44(37,41-22-24-7-3-1-4-8-24)42-23-25-9-5-2-6-10-25/h1-12,19-21,35H,13-18,22-23H2. The van der Waals surface area contributed by atoms with Crippen molar-refractivity contribution < 1.29 is 37.1 Å². The molecule has 0 aliphatic carbocycles. The lowest BCUT2D eigenvalue weighted by Crippen LogP contribution is -2.36. The summed E-state index contributed by atoms with van der Waals surface area (Å²) in [6, 6.07) is 26.8. The third-order valence-electron chi connectivity index (χ3n) is 7.15. The molecule has 1 saturated heterocycles. The second-order valence-electron chi connectivity index (χ2n) is 10.2. The average molecular weight is 618 g/mol. The molecular weight excluding hydrogens is 585 g/mol. The Hall–Kier alpha value is -4.18. The lowest BCUT2D eigenvalue weighted by Gasteiger charge is -2.29. The van der Waals surface area contributed by atoms with E-state index < -0.39 is 7.82 Å². The van der Waals surface area contributed by atoms with Gasteiger partial charge >= 0.3 is 7.82 Å². The van der Waals surface area contributed by atoms with Crippen LogP contribution in [0, 0.1) is 0 Å². The van der Waals surface area contributed by atoms with Crippen molar-refractivity contribution in [1.29, 1.82) is 0 Å². The first kappa shape index (κ1) is 29.9. The summed E-state index contributed by atoms with van der Waals surface area (Å²) < 4.78 is 47.7. The van der Waals surface area contributed by atoms with E-state index >= 15 is 0 Å². The maximum Gasteiger partial charge on any atom is 0.475 e. The van der Waals surface area contributed by atoms with E-state index in [0.29, 0.717) is 43.0 Å². The van der Waals surface area contributed by atoms with Crippen LogP contribution in [0.5, 0.6) is 11.5 Å². The number of hydrogen-bond acceptors (Lipinski definition) is 10. The molecule has 5 aromatic rings. The minimum Gasteiger partial charge on any atom is -0.507 e. The number of phenolic OH excluding ortho intramolecular Hbond substituents is 1. The van der Waals surface area contributed by atoms with Crippen molar-refractivity contribution in [2.45, 2.75) is 13.2 Å². The summed E-state index contributed by atoms with van der Waals surface area (Å²) in [7, 11) is -3.94. The first-order chi connectivity index (χ1) is 21.5. The van der Waals surface area contributed by atoms with Gasteiger partial charge in [-0.3, -0.25) is 18.4 Å². The second kappa shape index (κ2) is 13.6. The zero-order chi connectivity index (χ0) is 30.4. The minimum atomic E-state index is -3.94. The summed E-state index contributed by atoms with van der Waals surface area (Å²) in [5.74, 6) is 0.285. The molecule has 1 aliphatic heterocycles. The molecule has 1 aliphatic rings. The molecule has 10 nitrogen and oxygen atoms in total. The van der Waals surface area contributed by atoms with Crippen molar-refractivity contribution in [2.24, 2.45) is 0 Å². The van der Waals surface area contributed by atoms with E-state index in [1.165, 1.54) is 0 Å². The smallest absolute Gasteiger partial charge is 0.475 e. The van der Waals surface area contributed by atoms with Crippen molar-refractivity contribution in [2.75, 3.05) is 44.4 Å². The van der Waals surface area contributed by atoms with Crippen molar-refractivity contribution in [3.63, 3.8) is 0 Å². The normalized spacial score (nSPS) is 13.9. The molecule has 0 amide bonds. The summed E-state index contributed by atoms with van der Waals surface area (Å²) in [5.41, 5.74) is 2.64. The number of anilines is 1. The van der Waals surface area contributed by atoms with Gasteiger partial charge in [0.2, 0.25) is 5.43 Å². The van der Waals surface area contributed by atoms with Gasteiger partial charge in [-0.1, -0.05) is 60.7 Å². The Kier molecular flexibility index (Phi) is 9.26. The molecule has 2 heterocycles. The molecule has 0 radical (unpaired) electrons. The first-order valence-electron chi connectivity index (χ1n) is 14.3. The topological polar surface area (TPSA) is 117 Å². The molecule has 1 aromatic heterocycles. The summed E-state index contributed by atoms with van der Waals surface area (Å²) in [4.78, 5) is 15.3. The molecule has 44 heavy (non-hydrogen) atoms. The fourth-order valence-electron chi connectivity index (χ4n) is 4.89. The Labute approximate surface area is 253 Å². The maximum absolute atomic E-state index is 13.5. The lowest BCUT2D eigenvalue weighted by atomic mass is 10.1. The van der Waals surface area contributed by atoms with Crippen molar-refractivity contribution in [1.82, 2.24) is 0 Å². The molecular formula is C33H32NO9P. The van der Waals surface area contributed by atoms with Gasteiger partial charge < -0.3 is 23.9 Å². The van der Waals surface area contributed by atoms with Crippen LogP contribution >= 0.6 is 7.82 Å². The predicted octanol–water partition coefficient (Wildman–Crippen LogP) is 6.43. The molecule has 11 heteroatoms. The number of phosphoric ester groups is 1. The van der Waals surface area contributed by atoms with Crippen LogP contribution in [0.4, 0.5) is 5.69 Å². The Morgan fingerprint density at radius 2 is 1.43 bits per heavy atom. The van der Waals surface area contributed by atoms with Crippen molar-refractivity contribution in [3.05, 3.63) is 112 Å². The monoisotopic (exact) mass is 617 g/mol. The highest BCUT2D eigenvalue weighted by molar-refractivity contribution is 7.48. The van der Waals surface area contributed by atoms with Crippen LogP contribution in [0.3, 0.4) is 0 Å².